The van der Waals surface area contributed by atoms with Crippen LogP contribution in [0.3, 0.4) is 0 Å². The third-order valence-corrected chi connectivity index (χ3v) is 2.17. The Morgan fingerprint density at radius 1 is 1.19 bits per heavy atom. The number of carbonyl (C=O) groups is 1. The fourth-order valence-corrected chi connectivity index (χ4v) is 1.39. The summed E-state index contributed by atoms with van der Waals surface area (Å²) in [4.78, 5) is 11.4. The summed E-state index contributed by atoms with van der Waals surface area (Å²) in [7, 11) is 0. The Hall–Kier alpha value is -0.600. The van der Waals surface area contributed by atoms with E-state index in [-0.39, 0.29) is 11.0 Å². The summed E-state index contributed by atoms with van der Waals surface area (Å²) < 4.78 is 13.5. The highest BCUT2D eigenvalue weighted by atomic mass is 19.1. The van der Waals surface area contributed by atoms with Crippen molar-refractivity contribution in [1.29, 1.82) is 0 Å². The van der Waals surface area contributed by atoms with Crippen LogP contribution < -0.4 is 5.32 Å². The lowest BCUT2D eigenvalue weighted by Crippen LogP contribution is -2.44. The maximum absolute atomic E-state index is 13.5. The van der Waals surface area contributed by atoms with E-state index in [1.54, 1.807) is 0 Å². The minimum atomic E-state index is -1.37. The molecule has 0 saturated carbocycles. The number of halogens is 1. The van der Waals surface area contributed by atoms with Gasteiger partial charge in [0.1, 0.15) is 0 Å². The van der Waals surface area contributed by atoms with Gasteiger partial charge in [-0.05, 0) is 45.4 Å². The van der Waals surface area contributed by atoms with E-state index >= 15 is 0 Å². The maximum atomic E-state index is 13.5. The number of rotatable bonds is 4. The van der Waals surface area contributed by atoms with Gasteiger partial charge in [0.25, 0.3) is 5.91 Å². The zero-order chi connectivity index (χ0) is 13.0. The first-order valence-electron chi connectivity index (χ1n) is 5.97. The van der Waals surface area contributed by atoms with Crippen LogP contribution in [0, 0.1) is 5.41 Å². The number of nitrogens with one attached hydrogen (secondary N) is 1. The molecule has 0 aromatic rings. The SMILES string of the molecule is CC(C)(C)CCC[C@@H](F)C(=O)NC(C)(C)C. The molecule has 1 N–H and O–H groups in total. The van der Waals surface area contributed by atoms with Crippen LogP contribution in [0.25, 0.3) is 0 Å². The normalized spacial score (nSPS) is 14.7. The molecule has 2 nitrogen and oxygen atoms in total. The van der Waals surface area contributed by atoms with Crippen molar-refractivity contribution in [2.45, 2.75) is 72.5 Å². The molecule has 0 rings (SSSR count). The minimum absolute atomic E-state index is 0.209. The van der Waals surface area contributed by atoms with E-state index in [4.69, 9.17) is 0 Å². The predicted octanol–water partition coefficient (Wildman–Crippen LogP) is 3.46. The quantitative estimate of drug-likeness (QED) is 0.788. The van der Waals surface area contributed by atoms with Crippen molar-refractivity contribution in [2.75, 3.05) is 0 Å². The molecule has 0 fully saturated rings. The Bertz CT molecular complexity index is 225. The molecule has 3 heteroatoms. The summed E-state index contributed by atoms with van der Waals surface area (Å²) in [6, 6.07) is 0. The van der Waals surface area contributed by atoms with Gasteiger partial charge in [0, 0.05) is 5.54 Å². The molecule has 0 heterocycles. The van der Waals surface area contributed by atoms with E-state index in [1.807, 2.05) is 20.8 Å². The second kappa shape index (κ2) is 5.65. The van der Waals surface area contributed by atoms with Gasteiger partial charge in [0.05, 0.1) is 0 Å². The molecule has 0 unspecified atom stereocenters. The lowest BCUT2D eigenvalue weighted by molar-refractivity contribution is -0.127. The van der Waals surface area contributed by atoms with Gasteiger partial charge in [-0.3, -0.25) is 4.79 Å². The predicted molar refractivity (Wildman–Crippen MR) is 66.1 cm³/mol. The number of hydrogen-bond donors (Lipinski definition) is 1. The highest BCUT2D eigenvalue weighted by molar-refractivity contribution is 5.81. The molecule has 1 amide bonds. The third kappa shape index (κ3) is 8.69. The second-order valence-corrected chi connectivity index (χ2v) is 6.66. The second-order valence-electron chi connectivity index (χ2n) is 6.66. The van der Waals surface area contributed by atoms with Gasteiger partial charge in [-0.2, -0.15) is 0 Å². The van der Waals surface area contributed by atoms with Crippen molar-refractivity contribution in [1.82, 2.24) is 5.32 Å². The van der Waals surface area contributed by atoms with Crippen LogP contribution in [0.2, 0.25) is 0 Å². The molecular weight excluding hydrogens is 205 g/mol. The van der Waals surface area contributed by atoms with Crippen LogP contribution in [-0.2, 0) is 4.79 Å². The largest absolute Gasteiger partial charge is 0.349 e. The third-order valence-electron chi connectivity index (χ3n) is 2.17. The Balaban J connectivity index is 3.89. The molecule has 0 saturated heterocycles. The summed E-state index contributed by atoms with van der Waals surface area (Å²) in [5.41, 5.74) is -0.147. The summed E-state index contributed by atoms with van der Waals surface area (Å²) in [6.45, 7) is 11.9. The van der Waals surface area contributed by atoms with Gasteiger partial charge in [0.2, 0.25) is 0 Å². The van der Waals surface area contributed by atoms with Gasteiger partial charge < -0.3 is 5.32 Å². The first-order valence-corrected chi connectivity index (χ1v) is 5.97. The van der Waals surface area contributed by atoms with Crippen molar-refractivity contribution >= 4 is 5.91 Å². The van der Waals surface area contributed by atoms with Gasteiger partial charge in [-0.15, -0.1) is 0 Å². The summed E-state index contributed by atoms with van der Waals surface area (Å²) in [5.74, 6) is -0.485. The molecule has 0 aliphatic heterocycles. The molecule has 96 valence electrons. The molecule has 0 aromatic carbocycles. The first-order chi connectivity index (χ1) is 7.01. The smallest absolute Gasteiger partial charge is 0.254 e. The zero-order valence-corrected chi connectivity index (χ0v) is 11.5. The van der Waals surface area contributed by atoms with Crippen LogP contribution in [-0.4, -0.2) is 17.6 Å². The van der Waals surface area contributed by atoms with E-state index < -0.39 is 12.1 Å². The van der Waals surface area contributed by atoms with Crippen molar-refractivity contribution in [3.63, 3.8) is 0 Å². The van der Waals surface area contributed by atoms with Gasteiger partial charge in [0.15, 0.2) is 6.17 Å². The Kier molecular flexibility index (Phi) is 5.43. The van der Waals surface area contributed by atoms with Crippen LogP contribution in [0.1, 0.15) is 60.8 Å². The van der Waals surface area contributed by atoms with Crippen molar-refractivity contribution in [2.24, 2.45) is 5.41 Å². The Labute approximate surface area is 99.0 Å². The Morgan fingerprint density at radius 2 is 1.69 bits per heavy atom. The molecule has 0 bridgehead atoms. The van der Waals surface area contributed by atoms with E-state index in [2.05, 4.69) is 26.1 Å². The van der Waals surface area contributed by atoms with Crippen molar-refractivity contribution in [3.8, 4) is 0 Å². The van der Waals surface area contributed by atoms with Gasteiger partial charge >= 0.3 is 0 Å². The average molecular weight is 231 g/mol. The van der Waals surface area contributed by atoms with Gasteiger partial charge in [-0.25, -0.2) is 4.39 Å². The van der Waals surface area contributed by atoms with E-state index in [0.717, 1.165) is 12.8 Å². The topological polar surface area (TPSA) is 29.1 Å². The summed E-state index contributed by atoms with van der Waals surface area (Å²) in [6.07, 6.45) is 0.638. The highest BCUT2D eigenvalue weighted by Crippen LogP contribution is 2.22. The molecule has 0 aromatic heterocycles. The fourth-order valence-electron chi connectivity index (χ4n) is 1.39. The lowest BCUT2D eigenvalue weighted by Gasteiger charge is -2.22. The van der Waals surface area contributed by atoms with E-state index in [0.29, 0.717) is 6.42 Å². The summed E-state index contributed by atoms with van der Waals surface area (Å²) in [5, 5.41) is 2.65. The minimum Gasteiger partial charge on any atom is -0.349 e. The standard InChI is InChI=1S/C13H26FNO/c1-12(2,3)9-7-8-10(14)11(16)15-13(4,5)6/h10H,7-9H2,1-6H3,(H,15,16)/t10-/m1/s1. The van der Waals surface area contributed by atoms with E-state index in [1.165, 1.54) is 0 Å². The van der Waals surface area contributed by atoms with Crippen LogP contribution >= 0.6 is 0 Å². The summed E-state index contributed by atoms with van der Waals surface area (Å²) >= 11 is 0. The zero-order valence-electron chi connectivity index (χ0n) is 11.5. The van der Waals surface area contributed by atoms with Crippen LogP contribution in [0.15, 0.2) is 0 Å². The molecule has 0 aliphatic carbocycles. The molecule has 1 atom stereocenters. The highest BCUT2D eigenvalue weighted by Gasteiger charge is 2.22. The first kappa shape index (κ1) is 15.4. The number of carbonyl (C=O) groups excluding carboxylic acids is 1. The molecule has 0 radical (unpaired) electrons. The average Bonchev–Trinajstić information content (AvgIpc) is 1.98. The lowest BCUT2D eigenvalue weighted by atomic mass is 9.89. The molecular formula is C13H26FNO. The monoisotopic (exact) mass is 231 g/mol. The number of alkyl halides is 1. The van der Waals surface area contributed by atoms with Crippen molar-refractivity contribution < 1.29 is 9.18 Å². The maximum Gasteiger partial charge on any atom is 0.254 e. The Morgan fingerprint density at radius 3 is 2.06 bits per heavy atom. The molecule has 0 aliphatic rings. The van der Waals surface area contributed by atoms with E-state index in [9.17, 15) is 9.18 Å². The van der Waals surface area contributed by atoms with Crippen molar-refractivity contribution in [3.05, 3.63) is 0 Å². The number of amides is 1. The number of hydrogen-bond acceptors (Lipinski definition) is 1. The fraction of sp³-hybridized carbons (Fsp3) is 0.923. The molecule has 16 heavy (non-hydrogen) atoms. The van der Waals surface area contributed by atoms with Crippen LogP contribution in [0.4, 0.5) is 4.39 Å². The molecule has 0 spiro atoms. The van der Waals surface area contributed by atoms with Gasteiger partial charge in [-0.1, -0.05) is 20.8 Å². The van der Waals surface area contributed by atoms with Crippen LogP contribution in [0.5, 0.6) is 0 Å².